The zero-order chi connectivity index (χ0) is 21.2. The van der Waals surface area contributed by atoms with Gasteiger partial charge in [0.15, 0.2) is 5.82 Å². The Kier molecular flexibility index (Phi) is 7.72. The number of ether oxygens (including phenoxy) is 3. The summed E-state index contributed by atoms with van der Waals surface area (Å²) in [4.78, 5) is 38.5. The lowest BCUT2D eigenvalue weighted by molar-refractivity contribution is -0.120. The lowest BCUT2D eigenvalue weighted by atomic mass is 10.2. The fourth-order valence-corrected chi connectivity index (χ4v) is 2.63. The average molecular weight is 416 g/mol. The van der Waals surface area contributed by atoms with E-state index < -0.39 is 12.0 Å². The molecule has 0 spiro atoms. The number of methoxy groups -OCH3 is 1. The van der Waals surface area contributed by atoms with Crippen LogP contribution in [0.15, 0.2) is 30.3 Å². The van der Waals surface area contributed by atoms with Gasteiger partial charge in [0.2, 0.25) is 11.9 Å². The van der Waals surface area contributed by atoms with Crippen molar-refractivity contribution < 1.29 is 23.8 Å². The number of carbonyl (C=O) groups excluding carboxylic acids is 2. The maximum atomic E-state index is 12.0. The molecule has 1 saturated heterocycles. The summed E-state index contributed by atoms with van der Waals surface area (Å²) in [5.41, 5.74) is 0.858. The van der Waals surface area contributed by atoms with Gasteiger partial charge in [-0.2, -0.15) is 15.0 Å². The Labute approximate surface area is 173 Å². The molecule has 3 rings (SSSR count). The number of nitrogens with zero attached hydrogens (tertiary/aromatic N) is 4. The quantitative estimate of drug-likeness (QED) is 0.623. The lowest BCUT2D eigenvalue weighted by Gasteiger charge is -2.26. The van der Waals surface area contributed by atoms with Gasteiger partial charge in [0, 0.05) is 13.1 Å². The first kappa shape index (κ1) is 21.2. The molecule has 2 amide bonds. The van der Waals surface area contributed by atoms with Gasteiger partial charge in [-0.15, -0.1) is 0 Å². The van der Waals surface area contributed by atoms with E-state index in [4.69, 9.17) is 14.2 Å². The first-order valence-electron chi connectivity index (χ1n) is 9.47. The number of rotatable bonds is 8. The van der Waals surface area contributed by atoms with Crippen LogP contribution in [-0.2, 0) is 27.4 Å². The molecule has 1 aliphatic heterocycles. The number of alkyl carbamates (subject to hydrolysis) is 1. The molecule has 0 atom stereocenters. The fraction of sp³-hybridized carbons (Fsp3) is 0.421. The lowest BCUT2D eigenvalue weighted by Crippen LogP contribution is -2.38. The Morgan fingerprint density at radius 2 is 1.87 bits per heavy atom. The zero-order valence-electron chi connectivity index (χ0n) is 16.7. The molecule has 2 aromatic rings. The molecule has 0 unspecified atom stereocenters. The maximum Gasteiger partial charge on any atom is 0.407 e. The minimum absolute atomic E-state index is 0.0653. The normalized spacial score (nSPS) is 13.4. The standard InChI is InChI=1S/C19H24N6O5/c1-28-18-23-15(22-17(24-18)25-7-9-29-10-8-25)11-20-16(26)12-21-19(27)30-13-14-5-3-2-4-6-14/h2-6H,7-13H2,1H3,(H,20,26)(H,21,27). The van der Waals surface area contributed by atoms with Crippen LogP contribution >= 0.6 is 0 Å². The van der Waals surface area contributed by atoms with Crippen molar-refractivity contribution in [2.45, 2.75) is 13.2 Å². The summed E-state index contributed by atoms with van der Waals surface area (Å²) in [6, 6.07) is 9.43. The van der Waals surface area contributed by atoms with Gasteiger partial charge >= 0.3 is 12.1 Å². The van der Waals surface area contributed by atoms with Gasteiger partial charge < -0.3 is 29.7 Å². The highest BCUT2D eigenvalue weighted by molar-refractivity contribution is 5.82. The van der Waals surface area contributed by atoms with Gasteiger partial charge in [0.1, 0.15) is 13.2 Å². The molecule has 11 nitrogen and oxygen atoms in total. The number of amides is 2. The minimum atomic E-state index is -0.676. The van der Waals surface area contributed by atoms with E-state index in [0.717, 1.165) is 5.56 Å². The Bertz CT molecular complexity index is 845. The van der Waals surface area contributed by atoms with Crippen LogP contribution in [0.1, 0.15) is 11.4 Å². The molecule has 11 heteroatoms. The summed E-state index contributed by atoms with van der Waals surface area (Å²) in [7, 11) is 1.46. The number of aromatic nitrogens is 3. The van der Waals surface area contributed by atoms with Crippen molar-refractivity contribution in [3.63, 3.8) is 0 Å². The van der Waals surface area contributed by atoms with Crippen LogP contribution in [0.25, 0.3) is 0 Å². The summed E-state index contributed by atoms with van der Waals surface area (Å²) < 4.78 is 15.5. The molecule has 1 aliphatic rings. The van der Waals surface area contributed by atoms with Crippen LogP contribution < -0.4 is 20.3 Å². The molecule has 1 aromatic carbocycles. The Morgan fingerprint density at radius 1 is 1.10 bits per heavy atom. The Morgan fingerprint density at radius 3 is 2.60 bits per heavy atom. The number of nitrogens with one attached hydrogen (secondary N) is 2. The average Bonchev–Trinajstić information content (AvgIpc) is 2.81. The Hall–Kier alpha value is -3.47. The van der Waals surface area contributed by atoms with Crippen LogP contribution in [0, 0.1) is 0 Å². The molecule has 0 radical (unpaired) electrons. The third-order valence-corrected chi connectivity index (χ3v) is 4.18. The predicted octanol–water partition coefficient (Wildman–Crippen LogP) is 0.259. The summed E-state index contributed by atoms with van der Waals surface area (Å²) in [6.45, 7) is 2.46. The molecule has 1 fully saturated rings. The van der Waals surface area contributed by atoms with Crippen LogP contribution in [0.2, 0.25) is 0 Å². The molecule has 0 saturated carbocycles. The third kappa shape index (κ3) is 6.55. The molecule has 0 bridgehead atoms. The van der Waals surface area contributed by atoms with E-state index in [1.54, 1.807) is 0 Å². The van der Waals surface area contributed by atoms with Crippen LogP contribution in [-0.4, -0.2) is 66.9 Å². The maximum absolute atomic E-state index is 12.0. The van der Waals surface area contributed by atoms with Crippen molar-refractivity contribution >= 4 is 17.9 Å². The van der Waals surface area contributed by atoms with Crippen molar-refractivity contribution in [1.29, 1.82) is 0 Å². The monoisotopic (exact) mass is 416 g/mol. The second-order valence-corrected chi connectivity index (χ2v) is 6.33. The molecule has 30 heavy (non-hydrogen) atoms. The molecule has 160 valence electrons. The molecule has 2 N–H and O–H groups in total. The zero-order valence-corrected chi connectivity index (χ0v) is 16.7. The molecule has 0 aliphatic carbocycles. The highest BCUT2D eigenvalue weighted by Crippen LogP contribution is 2.13. The number of hydrogen-bond donors (Lipinski definition) is 2. The minimum Gasteiger partial charge on any atom is -0.467 e. The van der Waals surface area contributed by atoms with Gasteiger partial charge in [-0.1, -0.05) is 30.3 Å². The van der Waals surface area contributed by atoms with E-state index in [2.05, 4.69) is 25.6 Å². The predicted molar refractivity (Wildman–Crippen MR) is 106 cm³/mol. The fourth-order valence-electron chi connectivity index (χ4n) is 2.63. The molecule has 1 aromatic heterocycles. The highest BCUT2D eigenvalue weighted by Gasteiger charge is 2.17. The molecular weight excluding hydrogens is 392 g/mol. The van der Waals surface area contributed by atoms with E-state index in [0.29, 0.717) is 38.1 Å². The van der Waals surface area contributed by atoms with Gasteiger partial charge in [-0.25, -0.2) is 4.79 Å². The van der Waals surface area contributed by atoms with Gasteiger partial charge in [0.05, 0.1) is 26.9 Å². The van der Waals surface area contributed by atoms with E-state index >= 15 is 0 Å². The summed E-state index contributed by atoms with van der Waals surface area (Å²) in [5.74, 6) is 0.416. The smallest absolute Gasteiger partial charge is 0.407 e. The summed E-state index contributed by atoms with van der Waals surface area (Å²) in [5, 5.41) is 5.05. The molecular formula is C19H24N6O5. The number of benzene rings is 1. The van der Waals surface area contributed by atoms with Crippen molar-refractivity contribution in [3.05, 3.63) is 41.7 Å². The second-order valence-electron chi connectivity index (χ2n) is 6.33. The number of carbonyl (C=O) groups is 2. The van der Waals surface area contributed by atoms with E-state index in [1.807, 2.05) is 35.2 Å². The van der Waals surface area contributed by atoms with Crippen molar-refractivity contribution in [2.24, 2.45) is 0 Å². The highest BCUT2D eigenvalue weighted by atomic mass is 16.5. The number of anilines is 1. The number of hydrogen-bond acceptors (Lipinski definition) is 9. The van der Waals surface area contributed by atoms with E-state index in [-0.39, 0.29) is 25.7 Å². The third-order valence-electron chi connectivity index (χ3n) is 4.18. The van der Waals surface area contributed by atoms with E-state index in [9.17, 15) is 9.59 Å². The van der Waals surface area contributed by atoms with Crippen molar-refractivity contribution in [3.8, 4) is 6.01 Å². The Balaban J connectivity index is 1.45. The van der Waals surface area contributed by atoms with Gasteiger partial charge in [-0.05, 0) is 5.56 Å². The molecule has 2 heterocycles. The first-order chi connectivity index (χ1) is 14.6. The SMILES string of the molecule is COc1nc(CNC(=O)CNC(=O)OCc2ccccc2)nc(N2CCOCC2)n1. The van der Waals surface area contributed by atoms with Gasteiger partial charge in [0.25, 0.3) is 0 Å². The van der Waals surface area contributed by atoms with Crippen LogP contribution in [0.5, 0.6) is 6.01 Å². The number of morpholine rings is 1. The van der Waals surface area contributed by atoms with Crippen LogP contribution in [0.4, 0.5) is 10.7 Å². The van der Waals surface area contributed by atoms with Crippen molar-refractivity contribution in [1.82, 2.24) is 25.6 Å². The topological polar surface area (TPSA) is 128 Å². The second kappa shape index (κ2) is 10.9. The van der Waals surface area contributed by atoms with Gasteiger partial charge in [-0.3, -0.25) is 4.79 Å². The summed E-state index contributed by atoms with van der Waals surface area (Å²) >= 11 is 0. The largest absolute Gasteiger partial charge is 0.467 e. The van der Waals surface area contributed by atoms with Crippen LogP contribution in [0.3, 0.4) is 0 Å². The first-order valence-corrected chi connectivity index (χ1v) is 9.47. The van der Waals surface area contributed by atoms with E-state index in [1.165, 1.54) is 7.11 Å². The summed E-state index contributed by atoms with van der Waals surface area (Å²) in [6.07, 6.45) is -0.676. The van der Waals surface area contributed by atoms with Crippen molar-refractivity contribution in [2.75, 3.05) is 44.9 Å².